The Balaban J connectivity index is 1.94. The lowest BCUT2D eigenvalue weighted by Gasteiger charge is -2.27. The Kier molecular flexibility index (Phi) is 5.56. The SMILES string of the molecule is CCC1CCC(C(=O)NC(C)c2nc(C)c(C(=O)O)s2)CC1. The summed E-state index contributed by atoms with van der Waals surface area (Å²) in [5.74, 6) is -0.0316. The molecule has 0 aliphatic heterocycles. The van der Waals surface area contributed by atoms with Crippen LogP contribution in [0.2, 0.25) is 0 Å². The Labute approximate surface area is 135 Å². The monoisotopic (exact) mass is 324 g/mol. The largest absolute Gasteiger partial charge is 0.477 e. The van der Waals surface area contributed by atoms with Crippen LogP contribution in [-0.2, 0) is 4.79 Å². The molecule has 0 aromatic carbocycles. The van der Waals surface area contributed by atoms with Crippen LogP contribution in [0.15, 0.2) is 0 Å². The molecule has 1 atom stereocenters. The van der Waals surface area contributed by atoms with Crippen LogP contribution in [0.3, 0.4) is 0 Å². The van der Waals surface area contributed by atoms with Crippen molar-refractivity contribution in [1.29, 1.82) is 0 Å². The van der Waals surface area contributed by atoms with Gasteiger partial charge < -0.3 is 10.4 Å². The third-order valence-electron chi connectivity index (χ3n) is 4.53. The fraction of sp³-hybridized carbons (Fsp3) is 0.688. The summed E-state index contributed by atoms with van der Waals surface area (Å²) in [6, 6.07) is -0.242. The molecule has 1 fully saturated rings. The lowest BCUT2D eigenvalue weighted by atomic mass is 9.80. The van der Waals surface area contributed by atoms with Crippen molar-refractivity contribution in [2.24, 2.45) is 11.8 Å². The minimum atomic E-state index is -0.960. The van der Waals surface area contributed by atoms with Crippen LogP contribution in [0.4, 0.5) is 0 Å². The van der Waals surface area contributed by atoms with Crippen molar-refractivity contribution in [2.45, 2.75) is 58.9 Å². The van der Waals surface area contributed by atoms with Gasteiger partial charge in [-0.25, -0.2) is 9.78 Å². The van der Waals surface area contributed by atoms with Crippen LogP contribution in [-0.4, -0.2) is 22.0 Å². The number of carboxylic acid groups (broad SMARTS) is 1. The van der Waals surface area contributed by atoms with E-state index in [1.807, 2.05) is 6.92 Å². The first-order valence-electron chi connectivity index (χ1n) is 7.93. The van der Waals surface area contributed by atoms with Crippen LogP contribution in [0.5, 0.6) is 0 Å². The van der Waals surface area contributed by atoms with E-state index in [-0.39, 0.29) is 22.7 Å². The molecule has 2 N–H and O–H groups in total. The molecule has 0 bridgehead atoms. The number of hydrogen-bond donors (Lipinski definition) is 2. The molecular formula is C16H24N2O3S. The van der Waals surface area contributed by atoms with E-state index in [9.17, 15) is 9.59 Å². The maximum atomic E-state index is 12.4. The van der Waals surface area contributed by atoms with E-state index < -0.39 is 5.97 Å². The highest BCUT2D eigenvalue weighted by molar-refractivity contribution is 7.13. The molecule has 0 spiro atoms. The van der Waals surface area contributed by atoms with Crippen LogP contribution in [0.25, 0.3) is 0 Å². The van der Waals surface area contributed by atoms with Gasteiger partial charge in [0.15, 0.2) is 0 Å². The Morgan fingerprint density at radius 1 is 1.36 bits per heavy atom. The molecule has 1 aromatic rings. The van der Waals surface area contributed by atoms with Gasteiger partial charge in [0.2, 0.25) is 5.91 Å². The van der Waals surface area contributed by atoms with Gasteiger partial charge >= 0.3 is 5.97 Å². The number of carboxylic acids is 1. The first-order valence-corrected chi connectivity index (χ1v) is 8.75. The summed E-state index contributed by atoms with van der Waals surface area (Å²) in [7, 11) is 0. The minimum Gasteiger partial charge on any atom is -0.477 e. The Bertz CT molecular complexity index is 548. The molecule has 1 aromatic heterocycles. The van der Waals surface area contributed by atoms with Crippen molar-refractivity contribution in [3.05, 3.63) is 15.6 Å². The van der Waals surface area contributed by atoms with E-state index in [0.717, 1.165) is 42.9 Å². The van der Waals surface area contributed by atoms with Crippen LogP contribution >= 0.6 is 11.3 Å². The van der Waals surface area contributed by atoms with Crippen LogP contribution < -0.4 is 5.32 Å². The Hall–Kier alpha value is -1.43. The highest BCUT2D eigenvalue weighted by Crippen LogP contribution is 2.31. The molecule has 122 valence electrons. The third-order valence-corrected chi connectivity index (χ3v) is 5.86. The number of nitrogens with zero attached hydrogens (tertiary/aromatic N) is 1. The average molecular weight is 324 g/mol. The van der Waals surface area contributed by atoms with Crippen molar-refractivity contribution in [1.82, 2.24) is 10.3 Å². The van der Waals surface area contributed by atoms with E-state index in [2.05, 4.69) is 17.2 Å². The van der Waals surface area contributed by atoms with Gasteiger partial charge in [-0.05, 0) is 45.4 Å². The Morgan fingerprint density at radius 2 is 2.00 bits per heavy atom. The first kappa shape index (κ1) is 16.9. The summed E-state index contributed by atoms with van der Waals surface area (Å²) in [5.41, 5.74) is 0.511. The fourth-order valence-corrected chi connectivity index (χ4v) is 3.93. The highest BCUT2D eigenvalue weighted by Gasteiger charge is 2.27. The van der Waals surface area contributed by atoms with E-state index in [4.69, 9.17) is 5.11 Å². The fourth-order valence-electron chi connectivity index (χ4n) is 3.03. The van der Waals surface area contributed by atoms with E-state index in [0.29, 0.717) is 10.7 Å². The topological polar surface area (TPSA) is 79.3 Å². The quantitative estimate of drug-likeness (QED) is 0.868. The van der Waals surface area contributed by atoms with Crippen molar-refractivity contribution < 1.29 is 14.7 Å². The maximum Gasteiger partial charge on any atom is 0.347 e. The number of rotatable bonds is 5. The number of carbonyl (C=O) groups excluding carboxylic acids is 1. The predicted molar refractivity (Wildman–Crippen MR) is 86.1 cm³/mol. The summed E-state index contributed by atoms with van der Waals surface area (Å²) in [6.07, 6.45) is 5.36. The van der Waals surface area contributed by atoms with E-state index in [1.54, 1.807) is 6.92 Å². The summed E-state index contributed by atoms with van der Waals surface area (Å²) in [5, 5.41) is 12.7. The second-order valence-corrected chi connectivity index (χ2v) is 7.16. The summed E-state index contributed by atoms with van der Waals surface area (Å²) >= 11 is 1.14. The van der Waals surface area contributed by atoms with Crippen molar-refractivity contribution in [3.8, 4) is 0 Å². The molecule has 5 nitrogen and oxygen atoms in total. The number of hydrogen-bond acceptors (Lipinski definition) is 4. The number of thiazole rings is 1. The molecular weight excluding hydrogens is 300 g/mol. The number of amides is 1. The normalized spacial score (nSPS) is 23.0. The third kappa shape index (κ3) is 3.85. The summed E-state index contributed by atoms with van der Waals surface area (Å²) in [4.78, 5) is 27.9. The zero-order valence-corrected chi connectivity index (χ0v) is 14.2. The molecule has 1 amide bonds. The number of aromatic carboxylic acids is 1. The molecule has 1 heterocycles. The summed E-state index contributed by atoms with van der Waals surface area (Å²) in [6.45, 7) is 5.75. The maximum absolute atomic E-state index is 12.4. The number of nitrogens with one attached hydrogen (secondary N) is 1. The van der Waals surface area contributed by atoms with Gasteiger partial charge in [0, 0.05) is 5.92 Å². The number of aryl methyl sites for hydroxylation is 1. The molecule has 0 radical (unpaired) electrons. The van der Waals surface area contributed by atoms with Gasteiger partial charge in [0.05, 0.1) is 11.7 Å². The zero-order valence-electron chi connectivity index (χ0n) is 13.4. The molecule has 1 saturated carbocycles. The van der Waals surface area contributed by atoms with Crippen LogP contribution in [0.1, 0.15) is 72.4 Å². The molecule has 1 aliphatic carbocycles. The zero-order chi connectivity index (χ0) is 16.3. The molecule has 0 saturated heterocycles. The molecule has 22 heavy (non-hydrogen) atoms. The smallest absolute Gasteiger partial charge is 0.347 e. The van der Waals surface area contributed by atoms with E-state index in [1.165, 1.54) is 6.42 Å². The van der Waals surface area contributed by atoms with E-state index >= 15 is 0 Å². The summed E-state index contributed by atoms with van der Waals surface area (Å²) < 4.78 is 0. The first-order chi connectivity index (χ1) is 10.4. The van der Waals surface area contributed by atoms with Gasteiger partial charge in [0.1, 0.15) is 9.88 Å². The van der Waals surface area contributed by atoms with Gasteiger partial charge in [-0.2, -0.15) is 0 Å². The molecule has 1 unspecified atom stereocenters. The number of aromatic nitrogens is 1. The lowest BCUT2D eigenvalue weighted by Crippen LogP contribution is -2.34. The second kappa shape index (κ2) is 7.22. The lowest BCUT2D eigenvalue weighted by molar-refractivity contribution is -0.126. The predicted octanol–water partition coefficient (Wildman–Crippen LogP) is 3.54. The average Bonchev–Trinajstić information content (AvgIpc) is 2.89. The molecule has 2 rings (SSSR count). The highest BCUT2D eigenvalue weighted by atomic mass is 32.1. The molecule has 1 aliphatic rings. The molecule has 6 heteroatoms. The second-order valence-electron chi connectivity index (χ2n) is 6.13. The van der Waals surface area contributed by atoms with Crippen molar-refractivity contribution in [2.75, 3.05) is 0 Å². The van der Waals surface area contributed by atoms with Gasteiger partial charge in [0.25, 0.3) is 0 Å². The van der Waals surface area contributed by atoms with Crippen molar-refractivity contribution >= 4 is 23.2 Å². The van der Waals surface area contributed by atoms with Crippen LogP contribution in [0, 0.1) is 18.8 Å². The minimum absolute atomic E-state index is 0.0757. The standard InChI is InChI=1S/C16H24N2O3S/c1-4-11-5-7-12(8-6-11)14(19)17-10(3)15-18-9(2)13(22-15)16(20)21/h10-12H,4-8H2,1-3H3,(H,17,19)(H,20,21). The Morgan fingerprint density at radius 3 is 2.50 bits per heavy atom. The van der Waals surface area contributed by atoms with Gasteiger partial charge in [-0.15, -0.1) is 11.3 Å². The number of carbonyl (C=O) groups is 2. The van der Waals surface area contributed by atoms with Crippen molar-refractivity contribution in [3.63, 3.8) is 0 Å². The van der Waals surface area contributed by atoms with Gasteiger partial charge in [-0.3, -0.25) is 4.79 Å². The van der Waals surface area contributed by atoms with Gasteiger partial charge in [-0.1, -0.05) is 13.3 Å².